The molecule has 0 unspecified atom stereocenters. The summed E-state index contributed by atoms with van der Waals surface area (Å²) >= 11 is 12.1. The first-order valence-corrected chi connectivity index (χ1v) is 8.83. The summed E-state index contributed by atoms with van der Waals surface area (Å²) in [7, 11) is 0. The molecule has 0 saturated carbocycles. The van der Waals surface area contributed by atoms with Gasteiger partial charge in [0.1, 0.15) is 12.1 Å². The molecular formula is C17H21Cl2N3O3. The Balaban J connectivity index is 2.17. The number of carbonyl (C=O) groups excluding carboxylic acids is 3. The van der Waals surface area contributed by atoms with Gasteiger partial charge in [-0.05, 0) is 32.4 Å². The van der Waals surface area contributed by atoms with Gasteiger partial charge in [0.15, 0.2) is 0 Å². The highest BCUT2D eigenvalue weighted by atomic mass is 35.5. The lowest BCUT2D eigenvalue weighted by Crippen LogP contribution is -2.45. The fourth-order valence-corrected chi connectivity index (χ4v) is 3.48. The first-order chi connectivity index (χ1) is 11.7. The van der Waals surface area contributed by atoms with Gasteiger partial charge in [-0.25, -0.2) is 4.79 Å². The van der Waals surface area contributed by atoms with E-state index in [1.807, 2.05) is 13.8 Å². The van der Waals surface area contributed by atoms with E-state index in [0.29, 0.717) is 10.6 Å². The third-order valence-electron chi connectivity index (χ3n) is 4.18. The van der Waals surface area contributed by atoms with Gasteiger partial charge in [-0.2, -0.15) is 0 Å². The van der Waals surface area contributed by atoms with Crippen molar-refractivity contribution in [1.82, 2.24) is 15.5 Å². The van der Waals surface area contributed by atoms with Gasteiger partial charge in [-0.3, -0.25) is 14.5 Å². The first-order valence-electron chi connectivity index (χ1n) is 8.08. The van der Waals surface area contributed by atoms with Crippen LogP contribution in [0.4, 0.5) is 4.79 Å². The molecule has 1 aromatic carbocycles. The lowest BCUT2D eigenvalue weighted by Gasteiger charge is -2.23. The predicted molar refractivity (Wildman–Crippen MR) is 96.6 cm³/mol. The van der Waals surface area contributed by atoms with Crippen LogP contribution in [0.3, 0.4) is 0 Å². The molecule has 0 spiro atoms. The lowest BCUT2D eigenvalue weighted by atomic mass is 9.92. The third-order valence-corrected chi connectivity index (χ3v) is 4.72. The molecule has 1 aliphatic rings. The second-order valence-corrected chi connectivity index (χ2v) is 7.17. The van der Waals surface area contributed by atoms with Crippen molar-refractivity contribution < 1.29 is 14.4 Å². The third kappa shape index (κ3) is 4.07. The summed E-state index contributed by atoms with van der Waals surface area (Å²) in [6, 6.07) is 4.04. The summed E-state index contributed by atoms with van der Waals surface area (Å²) in [4.78, 5) is 38.0. The molecule has 0 aromatic heterocycles. The van der Waals surface area contributed by atoms with E-state index in [9.17, 15) is 14.4 Å². The molecule has 2 atom stereocenters. The molecule has 1 aliphatic heterocycles. The van der Waals surface area contributed by atoms with Gasteiger partial charge in [0.2, 0.25) is 5.91 Å². The van der Waals surface area contributed by atoms with Crippen LogP contribution in [0.2, 0.25) is 10.0 Å². The number of nitrogens with one attached hydrogen (secondary N) is 2. The zero-order chi connectivity index (χ0) is 18.8. The maximum Gasteiger partial charge on any atom is 0.325 e. The van der Waals surface area contributed by atoms with Crippen molar-refractivity contribution >= 4 is 41.0 Å². The molecule has 25 heavy (non-hydrogen) atoms. The Morgan fingerprint density at radius 2 is 2.04 bits per heavy atom. The molecule has 1 aromatic rings. The average molecular weight is 386 g/mol. The lowest BCUT2D eigenvalue weighted by molar-refractivity contribution is -0.135. The maximum atomic E-state index is 12.8. The van der Waals surface area contributed by atoms with E-state index in [4.69, 9.17) is 23.2 Å². The number of carbonyl (C=O) groups is 3. The zero-order valence-electron chi connectivity index (χ0n) is 14.4. The van der Waals surface area contributed by atoms with E-state index in [-0.39, 0.29) is 23.5 Å². The van der Waals surface area contributed by atoms with Crippen LogP contribution in [-0.4, -0.2) is 35.3 Å². The van der Waals surface area contributed by atoms with Crippen LogP contribution in [0.1, 0.15) is 39.2 Å². The van der Waals surface area contributed by atoms with Crippen LogP contribution in [0.25, 0.3) is 0 Å². The van der Waals surface area contributed by atoms with Gasteiger partial charge in [0.25, 0.3) is 5.91 Å². The monoisotopic (exact) mass is 385 g/mol. The molecule has 2 rings (SSSR count). The van der Waals surface area contributed by atoms with Crippen molar-refractivity contribution in [3.8, 4) is 0 Å². The van der Waals surface area contributed by atoms with Gasteiger partial charge in [0.05, 0.1) is 0 Å². The normalized spacial score (nSPS) is 21.2. The van der Waals surface area contributed by atoms with Gasteiger partial charge < -0.3 is 10.6 Å². The molecule has 4 amide bonds. The molecule has 0 aliphatic carbocycles. The number of rotatable bonds is 6. The molecular weight excluding hydrogens is 365 g/mol. The van der Waals surface area contributed by atoms with Crippen LogP contribution in [-0.2, 0) is 15.1 Å². The smallest absolute Gasteiger partial charge is 0.325 e. The molecule has 0 bridgehead atoms. The Bertz CT molecular complexity index is 710. The fraction of sp³-hybridized carbons (Fsp3) is 0.471. The van der Waals surface area contributed by atoms with Crippen LogP contribution in [0, 0.1) is 0 Å². The second kappa shape index (κ2) is 7.62. The Kier molecular flexibility index (Phi) is 5.95. The van der Waals surface area contributed by atoms with Crippen molar-refractivity contribution in [1.29, 1.82) is 0 Å². The molecule has 8 heteroatoms. The van der Waals surface area contributed by atoms with E-state index < -0.39 is 17.5 Å². The summed E-state index contributed by atoms with van der Waals surface area (Å²) in [6.07, 6.45) is 1.75. The van der Waals surface area contributed by atoms with Crippen LogP contribution in [0.15, 0.2) is 18.2 Å². The number of amides is 4. The number of hydrogen-bond acceptors (Lipinski definition) is 3. The van der Waals surface area contributed by atoms with Crippen molar-refractivity contribution in [2.45, 2.75) is 45.2 Å². The number of halogens is 2. The van der Waals surface area contributed by atoms with Crippen LogP contribution in [0.5, 0.6) is 0 Å². The Hall–Kier alpha value is -1.79. The second-order valence-electron chi connectivity index (χ2n) is 6.33. The van der Waals surface area contributed by atoms with Gasteiger partial charge >= 0.3 is 6.03 Å². The highest BCUT2D eigenvalue weighted by Gasteiger charge is 2.50. The highest BCUT2D eigenvalue weighted by molar-refractivity contribution is 6.35. The number of benzene rings is 1. The minimum Gasteiger partial charge on any atom is -0.352 e. The molecule has 1 fully saturated rings. The largest absolute Gasteiger partial charge is 0.352 e. The number of nitrogens with zero attached hydrogens (tertiary/aromatic N) is 1. The molecule has 2 N–H and O–H groups in total. The van der Waals surface area contributed by atoms with Crippen LogP contribution < -0.4 is 10.6 Å². The zero-order valence-corrected chi connectivity index (χ0v) is 15.9. The molecule has 6 nitrogen and oxygen atoms in total. The molecule has 0 radical (unpaired) electrons. The van der Waals surface area contributed by atoms with E-state index >= 15 is 0 Å². The van der Waals surface area contributed by atoms with Crippen molar-refractivity contribution in [3.05, 3.63) is 33.8 Å². The Morgan fingerprint density at radius 3 is 2.64 bits per heavy atom. The SMILES string of the molecule is CCC[C@H](C)NC(=O)CN1C(=O)N[C@@](C)(c2ccc(Cl)cc2Cl)C1=O. The fourth-order valence-electron chi connectivity index (χ4n) is 2.89. The topological polar surface area (TPSA) is 78.5 Å². The molecule has 1 heterocycles. The number of urea groups is 1. The summed E-state index contributed by atoms with van der Waals surface area (Å²) in [6.45, 7) is 5.12. The first kappa shape index (κ1) is 19.5. The van der Waals surface area contributed by atoms with Crippen molar-refractivity contribution in [2.24, 2.45) is 0 Å². The summed E-state index contributed by atoms with van der Waals surface area (Å²) in [5.74, 6) is -0.907. The summed E-state index contributed by atoms with van der Waals surface area (Å²) in [5, 5.41) is 6.09. The highest BCUT2D eigenvalue weighted by Crippen LogP contribution is 2.34. The van der Waals surface area contributed by atoms with Crippen LogP contribution >= 0.6 is 23.2 Å². The van der Waals surface area contributed by atoms with Gasteiger partial charge in [0, 0.05) is 21.7 Å². The van der Waals surface area contributed by atoms with E-state index in [1.165, 1.54) is 6.07 Å². The van der Waals surface area contributed by atoms with Crippen molar-refractivity contribution in [2.75, 3.05) is 6.54 Å². The average Bonchev–Trinajstić information content (AvgIpc) is 2.71. The minimum absolute atomic E-state index is 0.0182. The Morgan fingerprint density at radius 1 is 1.36 bits per heavy atom. The minimum atomic E-state index is -1.34. The van der Waals surface area contributed by atoms with Gasteiger partial charge in [-0.1, -0.05) is 42.6 Å². The van der Waals surface area contributed by atoms with Crippen molar-refractivity contribution in [3.63, 3.8) is 0 Å². The molecule has 1 saturated heterocycles. The molecule has 136 valence electrons. The standard InChI is InChI=1S/C17H21Cl2N3O3/c1-4-5-10(2)20-14(23)9-22-15(24)17(3,21-16(22)25)12-7-6-11(18)8-13(12)19/h6-8,10H,4-5,9H2,1-3H3,(H,20,23)(H,21,25)/t10-,17-/m0/s1. The Labute approximate surface area is 156 Å². The quantitative estimate of drug-likeness (QED) is 0.738. The maximum absolute atomic E-state index is 12.8. The van der Waals surface area contributed by atoms with E-state index in [1.54, 1.807) is 19.1 Å². The van der Waals surface area contributed by atoms with E-state index in [2.05, 4.69) is 10.6 Å². The van der Waals surface area contributed by atoms with Gasteiger partial charge in [-0.15, -0.1) is 0 Å². The summed E-state index contributed by atoms with van der Waals surface area (Å²) < 4.78 is 0. The van der Waals surface area contributed by atoms with E-state index in [0.717, 1.165) is 17.7 Å². The number of imide groups is 1. The number of hydrogen-bond donors (Lipinski definition) is 2. The summed E-state index contributed by atoms with van der Waals surface area (Å²) in [5.41, 5.74) is -0.909. The predicted octanol–water partition coefficient (Wildman–Crippen LogP) is 3.07.